The molecule has 2 aromatic heterocycles. The normalized spacial score (nSPS) is 10.6. The molecule has 2 rings (SSSR count). The third-order valence-electron chi connectivity index (χ3n) is 3.14. The smallest absolute Gasteiger partial charge is 0.268 e. The lowest BCUT2D eigenvalue weighted by atomic mass is 10.1. The Kier molecular flexibility index (Phi) is 4.95. The number of amides is 1. The number of hydrogen-bond acceptors (Lipinski definition) is 2. The Bertz CT molecular complexity index is 607. The molecule has 0 radical (unpaired) electrons. The minimum absolute atomic E-state index is 0.0552. The van der Waals surface area contributed by atoms with Crippen LogP contribution in [-0.2, 0) is 13.1 Å². The van der Waals surface area contributed by atoms with Crippen LogP contribution in [0.5, 0.6) is 0 Å². The maximum Gasteiger partial charge on any atom is 0.268 e. The molecule has 2 aromatic rings. The van der Waals surface area contributed by atoms with Crippen LogP contribution < -0.4 is 5.32 Å². The molecule has 0 aliphatic rings. The Labute approximate surface area is 127 Å². The van der Waals surface area contributed by atoms with Gasteiger partial charge in [0.25, 0.3) is 5.91 Å². The highest BCUT2D eigenvalue weighted by Gasteiger charge is 2.12. The molecule has 20 heavy (non-hydrogen) atoms. The number of rotatable bonds is 5. The summed E-state index contributed by atoms with van der Waals surface area (Å²) in [7, 11) is 0. The van der Waals surface area contributed by atoms with Crippen LogP contribution in [-0.4, -0.2) is 15.5 Å². The number of carbonyl (C=O) groups excluding carboxylic acids is 1. The molecule has 1 N–H and O–H groups in total. The fourth-order valence-electron chi connectivity index (χ4n) is 2.06. The van der Waals surface area contributed by atoms with Crippen molar-refractivity contribution in [3.8, 4) is 0 Å². The molecule has 0 saturated heterocycles. The molecule has 4 nitrogen and oxygen atoms in total. The number of halogens is 1. The first-order chi connectivity index (χ1) is 9.61. The van der Waals surface area contributed by atoms with Gasteiger partial charge in [0.15, 0.2) is 0 Å². The second-order valence-corrected chi connectivity index (χ2v) is 5.64. The van der Waals surface area contributed by atoms with Crippen molar-refractivity contribution in [2.45, 2.75) is 33.4 Å². The second kappa shape index (κ2) is 6.70. The van der Waals surface area contributed by atoms with Gasteiger partial charge in [-0.05, 0) is 52.5 Å². The lowest BCUT2D eigenvalue weighted by Crippen LogP contribution is -2.25. The predicted octanol–water partition coefficient (Wildman–Crippen LogP) is 3.29. The van der Waals surface area contributed by atoms with E-state index in [1.165, 1.54) is 0 Å². The van der Waals surface area contributed by atoms with E-state index in [1.54, 1.807) is 12.4 Å². The average molecular weight is 336 g/mol. The van der Waals surface area contributed by atoms with Gasteiger partial charge in [-0.25, -0.2) is 0 Å². The molecule has 0 bridgehead atoms. The number of aromatic nitrogens is 2. The summed E-state index contributed by atoms with van der Waals surface area (Å²) in [6.07, 6.45) is 6.48. The van der Waals surface area contributed by atoms with Crippen LogP contribution in [0.25, 0.3) is 0 Å². The zero-order valence-electron chi connectivity index (χ0n) is 11.7. The maximum atomic E-state index is 12.3. The quantitative estimate of drug-likeness (QED) is 0.911. The van der Waals surface area contributed by atoms with Crippen LogP contribution in [0.2, 0.25) is 0 Å². The Morgan fingerprint density at radius 2 is 2.30 bits per heavy atom. The zero-order valence-corrected chi connectivity index (χ0v) is 13.3. The van der Waals surface area contributed by atoms with Gasteiger partial charge in [-0.2, -0.15) is 0 Å². The van der Waals surface area contributed by atoms with E-state index in [4.69, 9.17) is 0 Å². The van der Waals surface area contributed by atoms with Crippen molar-refractivity contribution >= 4 is 21.8 Å². The highest BCUT2D eigenvalue weighted by molar-refractivity contribution is 9.10. The minimum atomic E-state index is -0.0552. The molecule has 2 heterocycles. The molecule has 0 aromatic carbocycles. The van der Waals surface area contributed by atoms with Gasteiger partial charge in [-0.3, -0.25) is 9.78 Å². The van der Waals surface area contributed by atoms with Gasteiger partial charge in [-0.15, -0.1) is 0 Å². The number of hydrogen-bond donors (Lipinski definition) is 1. The van der Waals surface area contributed by atoms with Crippen LogP contribution in [0.1, 0.15) is 35.0 Å². The summed E-state index contributed by atoms with van der Waals surface area (Å²) < 4.78 is 2.90. The van der Waals surface area contributed by atoms with Crippen molar-refractivity contribution < 1.29 is 4.79 Å². The molecule has 0 unspecified atom stereocenters. The van der Waals surface area contributed by atoms with E-state index in [1.807, 2.05) is 29.8 Å². The van der Waals surface area contributed by atoms with Crippen LogP contribution in [0.4, 0.5) is 0 Å². The topological polar surface area (TPSA) is 46.9 Å². The number of pyridine rings is 1. The molecule has 1 amide bonds. The first-order valence-electron chi connectivity index (χ1n) is 6.65. The molecule has 0 fully saturated rings. The van der Waals surface area contributed by atoms with Crippen molar-refractivity contribution in [2.75, 3.05) is 0 Å². The summed E-state index contributed by atoms with van der Waals surface area (Å²) >= 11 is 3.42. The number of nitrogens with zero attached hydrogens (tertiary/aromatic N) is 2. The predicted molar refractivity (Wildman–Crippen MR) is 82.6 cm³/mol. The molecule has 0 aliphatic carbocycles. The largest absolute Gasteiger partial charge is 0.347 e. The molecule has 0 atom stereocenters. The average Bonchev–Trinajstić information content (AvgIpc) is 2.79. The molecule has 0 spiro atoms. The number of nitrogens with one attached hydrogen (secondary N) is 1. The molecule has 5 heteroatoms. The number of aryl methyl sites for hydroxylation is 2. The van der Waals surface area contributed by atoms with Crippen LogP contribution in [0, 0.1) is 6.92 Å². The fourth-order valence-corrected chi connectivity index (χ4v) is 2.52. The lowest BCUT2D eigenvalue weighted by Gasteiger charge is -2.10. The van der Waals surface area contributed by atoms with E-state index >= 15 is 0 Å². The molecule has 0 aliphatic heterocycles. The van der Waals surface area contributed by atoms with E-state index in [-0.39, 0.29) is 5.91 Å². The lowest BCUT2D eigenvalue weighted by molar-refractivity contribution is 0.0941. The fraction of sp³-hybridized carbons (Fsp3) is 0.333. The maximum absolute atomic E-state index is 12.3. The second-order valence-electron chi connectivity index (χ2n) is 4.72. The molecule has 106 valence electrons. The van der Waals surface area contributed by atoms with Gasteiger partial charge < -0.3 is 9.88 Å². The Morgan fingerprint density at radius 3 is 3.00 bits per heavy atom. The zero-order chi connectivity index (χ0) is 14.5. The van der Waals surface area contributed by atoms with Gasteiger partial charge in [-0.1, -0.05) is 6.92 Å². The van der Waals surface area contributed by atoms with Gasteiger partial charge >= 0.3 is 0 Å². The minimum Gasteiger partial charge on any atom is -0.347 e. The van der Waals surface area contributed by atoms with E-state index < -0.39 is 0 Å². The molecular weight excluding hydrogens is 318 g/mol. The third-order valence-corrected chi connectivity index (χ3v) is 3.57. The highest BCUT2D eigenvalue weighted by atomic mass is 79.9. The molecule has 0 saturated carbocycles. The first-order valence-corrected chi connectivity index (χ1v) is 7.44. The van der Waals surface area contributed by atoms with Crippen LogP contribution in [0.3, 0.4) is 0 Å². The number of carbonyl (C=O) groups is 1. The van der Waals surface area contributed by atoms with Crippen LogP contribution >= 0.6 is 15.9 Å². The first kappa shape index (κ1) is 14.8. The van der Waals surface area contributed by atoms with Crippen LogP contribution in [0.15, 0.2) is 35.2 Å². The summed E-state index contributed by atoms with van der Waals surface area (Å²) in [5, 5.41) is 2.96. The monoisotopic (exact) mass is 335 g/mol. The summed E-state index contributed by atoms with van der Waals surface area (Å²) in [5.41, 5.74) is 2.85. The van der Waals surface area contributed by atoms with E-state index in [0.717, 1.165) is 28.6 Å². The summed E-state index contributed by atoms with van der Waals surface area (Å²) in [6.45, 7) is 5.44. The third kappa shape index (κ3) is 3.48. The van der Waals surface area contributed by atoms with Crippen molar-refractivity contribution in [3.05, 3.63) is 52.0 Å². The summed E-state index contributed by atoms with van der Waals surface area (Å²) in [4.78, 5) is 16.3. The molecular formula is C15H18BrN3O. The van der Waals surface area contributed by atoms with Gasteiger partial charge in [0, 0.05) is 36.2 Å². The van der Waals surface area contributed by atoms with Crippen molar-refractivity contribution in [1.82, 2.24) is 14.9 Å². The Morgan fingerprint density at radius 1 is 1.50 bits per heavy atom. The Balaban J connectivity index is 2.07. The van der Waals surface area contributed by atoms with E-state index in [2.05, 4.69) is 33.2 Å². The Hall–Kier alpha value is -1.62. The SMILES string of the molecule is CCCn1cc(Br)cc1C(=O)NCc1ccncc1C. The van der Waals surface area contributed by atoms with Gasteiger partial charge in [0.1, 0.15) is 5.69 Å². The standard InChI is InChI=1S/C15H18BrN3O/c1-3-6-19-10-13(16)7-14(19)15(20)18-9-12-4-5-17-8-11(12)2/h4-5,7-8,10H,3,6,9H2,1-2H3,(H,18,20). The summed E-state index contributed by atoms with van der Waals surface area (Å²) in [5.74, 6) is -0.0552. The van der Waals surface area contributed by atoms with Crippen molar-refractivity contribution in [1.29, 1.82) is 0 Å². The van der Waals surface area contributed by atoms with E-state index in [0.29, 0.717) is 12.2 Å². The van der Waals surface area contributed by atoms with Gasteiger partial charge in [0.2, 0.25) is 0 Å². The summed E-state index contributed by atoms with van der Waals surface area (Å²) in [6, 6.07) is 3.78. The van der Waals surface area contributed by atoms with Gasteiger partial charge in [0.05, 0.1) is 0 Å². The van der Waals surface area contributed by atoms with E-state index in [9.17, 15) is 4.79 Å². The van der Waals surface area contributed by atoms with Crippen molar-refractivity contribution in [3.63, 3.8) is 0 Å². The van der Waals surface area contributed by atoms with Crippen molar-refractivity contribution in [2.24, 2.45) is 0 Å². The highest BCUT2D eigenvalue weighted by Crippen LogP contribution is 2.16.